The second-order valence-corrected chi connectivity index (χ2v) is 8.17. The van der Waals surface area contributed by atoms with Crippen molar-refractivity contribution in [3.63, 3.8) is 0 Å². The van der Waals surface area contributed by atoms with Crippen molar-refractivity contribution in [2.75, 3.05) is 11.4 Å². The average Bonchev–Trinajstić information content (AvgIpc) is 2.70. The van der Waals surface area contributed by atoms with Crippen LogP contribution in [0.3, 0.4) is 0 Å². The maximum absolute atomic E-state index is 14.6. The van der Waals surface area contributed by atoms with Crippen LogP contribution in [-0.4, -0.2) is 34.7 Å². The molecule has 1 spiro atoms. The number of hydrogen-bond donors (Lipinski definition) is 1. The molecular formula is C23H21FN4O3. The summed E-state index contributed by atoms with van der Waals surface area (Å²) in [7, 11) is 0. The lowest BCUT2D eigenvalue weighted by molar-refractivity contribution is -0.164. The third-order valence-corrected chi connectivity index (χ3v) is 6.15. The molecule has 1 saturated heterocycles. The predicted octanol–water partition coefficient (Wildman–Crippen LogP) is 2.02. The summed E-state index contributed by atoms with van der Waals surface area (Å²) in [5.74, 6) is -2.59. The van der Waals surface area contributed by atoms with E-state index in [1.165, 1.54) is 17.0 Å². The van der Waals surface area contributed by atoms with Crippen LogP contribution in [-0.2, 0) is 20.9 Å². The normalized spacial score (nSPS) is 22.9. The number of nitrogens with zero attached hydrogens (tertiary/aromatic N) is 3. The van der Waals surface area contributed by atoms with Gasteiger partial charge in [0.2, 0.25) is 11.8 Å². The lowest BCUT2D eigenvalue weighted by atomic mass is 9.64. The second-order valence-electron chi connectivity index (χ2n) is 8.17. The Hall–Kier alpha value is -3.73. The van der Waals surface area contributed by atoms with Crippen LogP contribution in [0, 0.1) is 30.0 Å². The van der Waals surface area contributed by atoms with Gasteiger partial charge in [0, 0.05) is 12.5 Å². The van der Waals surface area contributed by atoms with Gasteiger partial charge in [-0.1, -0.05) is 29.8 Å². The van der Waals surface area contributed by atoms with Gasteiger partial charge in [-0.3, -0.25) is 19.3 Å². The van der Waals surface area contributed by atoms with E-state index < -0.39 is 29.1 Å². The Labute approximate surface area is 178 Å². The molecule has 1 aliphatic carbocycles. The molecule has 158 valence electrons. The first-order valence-corrected chi connectivity index (χ1v) is 9.92. The number of halogens is 1. The molecule has 1 heterocycles. The van der Waals surface area contributed by atoms with Crippen molar-refractivity contribution in [3.05, 3.63) is 65.0 Å². The molecule has 0 aromatic heterocycles. The highest BCUT2D eigenvalue weighted by molar-refractivity contribution is 6.10. The van der Waals surface area contributed by atoms with E-state index in [4.69, 9.17) is 11.0 Å². The predicted molar refractivity (Wildman–Crippen MR) is 110 cm³/mol. The summed E-state index contributed by atoms with van der Waals surface area (Å²) in [4.78, 5) is 41.0. The minimum Gasteiger partial charge on any atom is -0.369 e. The molecule has 3 amide bonds. The third-order valence-electron chi connectivity index (χ3n) is 6.15. The SMILES string of the molecule is Cc1ccc(CN2C(=O)CN(c3ccc(C#N)cc3F)C(=O)C23CC(C(N)=O)C3)cc1. The molecule has 2 aromatic carbocycles. The number of rotatable bonds is 4. The van der Waals surface area contributed by atoms with Gasteiger partial charge in [-0.05, 0) is 43.5 Å². The summed E-state index contributed by atoms with van der Waals surface area (Å²) in [5, 5.41) is 8.96. The first-order chi connectivity index (χ1) is 14.7. The monoisotopic (exact) mass is 420 g/mol. The van der Waals surface area contributed by atoms with Crippen LogP contribution in [0.2, 0.25) is 0 Å². The Morgan fingerprint density at radius 1 is 1.23 bits per heavy atom. The minimum atomic E-state index is -1.25. The Kier molecular flexibility index (Phi) is 4.97. The molecule has 7 nitrogen and oxygen atoms in total. The fourth-order valence-electron chi connectivity index (χ4n) is 4.35. The van der Waals surface area contributed by atoms with Gasteiger partial charge in [0.1, 0.15) is 17.9 Å². The maximum atomic E-state index is 14.6. The number of carbonyl (C=O) groups excluding carboxylic acids is 3. The summed E-state index contributed by atoms with van der Waals surface area (Å²) in [6.45, 7) is 1.84. The number of anilines is 1. The highest BCUT2D eigenvalue weighted by Crippen LogP contribution is 2.47. The smallest absolute Gasteiger partial charge is 0.253 e. The van der Waals surface area contributed by atoms with Gasteiger partial charge in [-0.15, -0.1) is 0 Å². The lowest BCUT2D eigenvalue weighted by Gasteiger charge is -2.56. The van der Waals surface area contributed by atoms with Crippen LogP contribution in [0.25, 0.3) is 0 Å². The third kappa shape index (κ3) is 3.42. The molecule has 2 aliphatic rings. The van der Waals surface area contributed by atoms with E-state index in [1.807, 2.05) is 37.3 Å². The van der Waals surface area contributed by atoms with Crippen LogP contribution in [0.4, 0.5) is 10.1 Å². The van der Waals surface area contributed by atoms with Crippen molar-refractivity contribution in [1.29, 1.82) is 5.26 Å². The van der Waals surface area contributed by atoms with E-state index in [0.717, 1.165) is 22.1 Å². The fourth-order valence-corrected chi connectivity index (χ4v) is 4.35. The van der Waals surface area contributed by atoms with Crippen molar-refractivity contribution >= 4 is 23.4 Å². The standard InChI is InChI=1S/C23H21FN4O3/c1-14-2-4-15(5-3-14)12-28-20(29)13-27(19-7-6-16(11-25)8-18(19)24)22(31)23(28)9-17(10-23)21(26)30/h2-8,17H,9-10,12-13H2,1H3,(H2,26,30). The molecule has 1 aliphatic heterocycles. The van der Waals surface area contributed by atoms with Crippen molar-refractivity contribution in [3.8, 4) is 6.07 Å². The van der Waals surface area contributed by atoms with Crippen LogP contribution < -0.4 is 10.6 Å². The van der Waals surface area contributed by atoms with Crippen LogP contribution in [0.15, 0.2) is 42.5 Å². The summed E-state index contributed by atoms with van der Waals surface area (Å²) in [6, 6.07) is 13.2. The molecule has 0 atom stereocenters. The quantitative estimate of drug-likeness (QED) is 0.816. The van der Waals surface area contributed by atoms with Gasteiger partial charge >= 0.3 is 0 Å². The zero-order chi connectivity index (χ0) is 22.3. The molecule has 4 rings (SSSR count). The lowest BCUT2D eigenvalue weighted by Crippen LogP contribution is -2.73. The largest absolute Gasteiger partial charge is 0.369 e. The number of hydrogen-bond acceptors (Lipinski definition) is 4. The highest BCUT2D eigenvalue weighted by Gasteiger charge is 2.61. The van der Waals surface area contributed by atoms with Crippen molar-refractivity contribution in [2.45, 2.75) is 31.8 Å². The second kappa shape index (κ2) is 7.51. The number of nitriles is 1. The molecule has 0 bridgehead atoms. The first kappa shape index (κ1) is 20.5. The van der Waals surface area contributed by atoms with E-state index >= 15 is 0 Å². The summed E-state index contributed by atoms with van der Waals surface area (Å²) in [6.07, 6.45) is 0.209. The number of benzene rings is 2. The van der Waals surface area contributed by atoms with E-state index in [1.54, 1.807) is 0 Å². The van der Waals surface area contributed by atoms with Crippen LogP contribution >= 0.6 is 0 Å². The van der Waals surface area contributed by atoms with Gasteiger partial charge in [-0.25, -0.2) is 4.39 Å². The Morgan fingerprint density at radius 2 is 1.90 bits per heavy atom. The number of nitrogens with two attached hydrogens (primary N) is 1. The molecule has 8 heteroatoms. The molecule has 31 heavy (non-hydrogen) atoms. The van der Waals surface area contributed by atoms with Gasteiger partial charge < -0.3 is 10.6 Å². The van der Waals surface area contributed by atoms with Crippen LogP contribution in [0.1, 0.15) is 29.5 Å². The number of amides is 3. The van der Waals surface area contributed by atoms with Crippen LogP contribution in [0.5, 0.6) is 0 Å². The van der Waals surface area contributed by atoms with Crippen molar-refractivity contribution in [1.82, 2.24) is 4.90 Å². The summed E-state index contributed by atoms with van der Waals surface area (Å²) in [5.41, 5.74) is 6.15. The zero-order valence-electron chi connectivity index (χ0n) is 17.0. The van der Waals surface area contributed by atoms with Gasteiger partial charge in [0.25, 0.3) is 5.91 Å². The Balaban J connectivity index is 1.70. The van der Waals surface area contributed by atoms with Gasteiger partial charge in [-0.2, -0.15) is 5.26 Å². The van der Waals surface area contributed by atoms with E-state index in [-0.39, 0.29) is 43.1 Å². The highest BCUT2D eigenvalue weighted by atomic mass is 19.1. The number of aryl methyl sites for hydroxylation is 1. The first-order valence-electron chi connectivity index (χ1n) is 9.92. The molecule has 0 unspecified atom stereocenters. The van der Waals surface area contributed by atoms with E-state index in [0.29, 0.717) is 0 Å². The molecule has 2 aromatic rings. The number of carbonyl (C=O) groups is 3. The minimum absolute atomic E-state index is 0.0609. The summed E-state index contributed by atoms with van der Waals surface area (Å²) >= 11 is 0. The van der Waals surface area contributed by atoms with E-state index in [9.17, 15) is 18.8 Å². The molecule has 2 N–H and O–H groups in total. The molecule has 0 radical (unpaired) electrons. The Bertz CT molecular complexity index is 1120. The molecule has 2 fully saturated rings. The van der Waals surface area contributed by atoms with Gasteiger partial charge in [0.15, 0.2) is 0 Å². The summed E-state index contributed by atoms with van der Waals surface area (Å²) < 4.78 is 14.6. The Morgan fingerprint density at radius 3 is 2.48 bits per heavy atom. The average molecular weight is 420 g/mol. The fraction of sp³-hybridized carbons (Fsp3) is 0.304. The maximum Gasteiger partial charge on any atom is 0.253 e. The number of primary amides is 1. The van der Waals surface area contributed by atoms with Crippen molar-refractivity contribution < 1.29 is 18.8 Å². The molecular weight excluding hydrogens is 399 g/mol. The topological polar surface area (TPSA) is 108 Å². The van der Waals surface area contributed by atoms with Gasteiger partial charge in [0.05, 0.1) is 17.3 Å². The number of piperazine rings is 1. The van der Waals surface area contributed by atoms with E-state index in [2.05, 4.69) is 0 Å². The van der Waals surface area contributed by atoms with Crippen molar-refractivity contribution in [2.24, 2.45) is 11.7 Å². The molecule has 1 saturated carbocycles. The zero-order valence-corrected chi connectivity index (χ0v) is 17.0.